The normalized spacial score (nSPS) is 26.6. The first-order valence-electron chi connectivity index (χ1n) is 5.11. The zero-order chi connectivity index (χ0) is 10.8. The second-order valence-corrected chi connectivity index (χ2v) is 4.88. The van der Waals surface area contributed by atoms with Crippen LogP contribution < -0.4 is 11.1 Å². The van der Waals surface area contributed by atoms with Crippen molar-refractivity contribution < 1.29 is 9.53 Å². The zero-order valence-electron chi connectivity index (χ0n) is 9.17. The van der Waals surface area contributed by atoms with Gasteiger partial charge in [-0.15, -0.1) is 0 Å². The lowest BCUT2D eigenvalue weighted by Gasteiger charge is -2.33. The summed E-state index contributed by atoms with van der Waals surface area (Å²) < 4.78 is 5.10. The molecule has 0 saturated heterocycles. The monoisotopic (exact) mass is 200 g/mol. The number of alkyl carbamates (subject to hydrolysis) is 1. The summed E-state index contributed by atoms with van der Waals surface area (Å²) in [4.78, 5) is 11.2. The van der Waals surface area contributed by atoms with Crippen LogP contribution in [-0.2, 0) is 4.74 Å². The molecule has 0 heterocycles. The summed E-state index contributed by atoms with van der Waals surface area (Å²) in [5.74, 6) is 0.433. The van der Waals surface area contributed by atoms with Gasteiger partial charge in [-0.25, -0.2) is 4.79 Å². The van der Waals surface area contributed by atoms with Crippen LogP contribution in [-0.4, -0.2) is 24.3 Å². The van der Waals surface area contributed by atoms with Gasteiger partial charge >= 0.3 is 6.09 Å². The summed E-state index contributed by atoms with van der Waals surface area (Å²) in [5, 5.41) is 2.73. The highest BCUT2D eigenvalue weighted by molar-refractivity contribution is 5.67. The van der Waals surface area contributed by atoms with E-state index in [-0.39, 0.29) is 12.1 Å². The maximum absolute atomic E-state index is 11.2. The molecule has 4 nitrogen and oxygen atoms in total. The van der Waals surface area contributed by atoms with E-state index in [4.69, 9.17) is 10.5 Å². The molecule has 0 aromatic carbocycles. The standard InChI is InChI=1S/C10H20N2O2/c1-10(2,3)14-9(13)12-6-7-4-5-8(7)11/h7-8H,4-6,11H2,1-3H3,(H,12,13)/t7-,8+/m1/s1. The molecule has 3 N–H and O–H groups in total. The molecule has 0 aromatic rings. The predicted molar refractivity (Wildman–Crippen MR) is 54.9 cm³/mol. The Morgan fingerprint density at radius 2 is 2.14 bits per heavy atom. The van der Waals surface area contributed by atoms with E-state index in [9.17, 15) is 4.79 Å². The highest BCUT2D eigenvalue weighted by atomic mass is 16.6. The van der Waals surface area contributed by atoms with Gasteiger partial charge in [0.15, 0.2) is 0 Å². The van der Waals surface area contributed by atoms with Gasteiger partial charge in [0.05, 0.1) is 0 Å². The number of nitrogens with one attached hydrogen (secondary N) is 1. The third-order valence-corrected chi connectivity index (χ3v) is 2.38. The maximum atomic E-state index is 11.2. The summed E-state index contributed by atoms with van der Waals surface area (Å²) in [6.45, 7) is 6.18. The molecule has 0 spiro atoms. The van der Waals surface area contributed by atoms with Gasteiger partial charge in [-0.05, 0) is 39.5 Å². The molecule has 82 valence electrons. The average molecular weight is 200 g/mol. The molecule has 1 aliphatic carbocycles. The highest BCUT2D eigenvalue weighted by Gasteiger charge is 2.28. The van der Waals surface area contributed by atoms with Crippen molar-refractivity contribution in [2.45, 2.75) is 45.3 Å². The number of amides is 1. The molecular formula is C10H20N2O2. The number of hydrogen-bond donors (Lipinski definition) is 2. The largest absolute Gasteiger partial charge is 0.444 e. The van der Waals surface area contributed by atoms with Crippen LogP contribution in [0.2, 0.25) is 0 Å². The minimum absolute atomic E-state index is 0.255. The Kier molecular flexibility index (Phi) is 3.37. The van der Waals surface area contributed by atoms with E-state index in [1.165, 1.54) is 0 Å². The van der Waals surface area contributed by atoms with Crippen molar-refractivity contribution in [3.05, 3.63) is 0 Å². The first-order chi connectivity index (χ1) is 6.38. The Balaban J connectivity index is 2.15. The lowest BCUT2D eigenvalue weighted by Crippen LogP contribution is -2.46. The summed E-state index contributed by atoms with van der Waals surface area (Å²) in [5.41, 5.74) is 5.32. The first-order valence-corrected chi connectivity index (χ1v) is 5.11. The van der Waals surface area contributed by atoms with Crippen molar-refractivity contribution in [3.63, 3.8) is 0 Å². The van der Waals surface area contributed by atoms with E-state index in [0.29, 0.717) is 12.5 Å². The molecule has 1 amide bonds. The summed E-state index contributed by atoms with van der Waals surface area (Å²) >= 11 is 0. The van der Waals surface area contributed by atoms with Gasteiger partial charge < -0.3 is 15.8 Å². The second-order valence-electron chi connectivity index (χ2n) is 4.88. The van der Waals surface area contributed by atoms with Crippen molar-refractivity contribution in [2.24, 2.45) is 11.7 Å². The predicted octanol–water partition coefficient (Wildman–Crippen LogP) is 1.25. The van der Waals surface area contributed by atoms with Crippen molar-refractivity contribution in [2.75, 3.05) is 6.54 Å². The van der Waals surface area contributed by atoms with Crippen LogP contribution in [0.1, 0.15) is 33.6 Å². The van der Waals surface area contributed by atoms with Gasteiger partial charge in [0.1, 0.15) is 5.60 Å². The summed E-state index contributed by atoms with van der Waals surface area (Å²) in [6, 6.07) is 0.255. The molecule has 2 atom stereocenters. The van der Waals surface area contributed by atoms with Crippen molar-refractivity contribution in [1.82, 2.24) is 5.32 Å². The van der Waals surface area contributed by atoms with Crippen LogP contribution in [0.15, 0.2) is 0 Å². The molecule has 0 unspecified atom stereocenters. The Bertz CT molecular complexity index is 211. The molecule has 1 rings (SSSR count). The van der Waals surface area contributed by atoms with E-state index in [1.54, 1.807) is 0 Å². The Hall–Kier alpha value is -0.770. The van der Waals surface area contributed by atoms with Gasteiger partial charge in [-0.1, -0.05) is 0 Å². The Morgan fingerprint density at radius 1 is 1.50 bits per heavy atom. The van der Waals surface area contributed by atoms with E-state index in [1.807, 2.05) is 20.8 Å². The van der Waals surface area contributed by atoms with E-state index in [0.717, 1.165) is 12.8 Å². The number of carbonyl (C=O) groups is 1. The van der Waals surface area contributed by atoms with Crippen LogP contribution in [0.25, 0.3) is 0 Å². The molecule has 1 aliphatic rings. The van der Waals surface area contributed by atoms with Crippen LogP contribution in [0.3, 0.4) is 0 Å². The smallest absolute Gasteiger partial charge is 0.407 e. The van der Waals surface area contributed by atoms with Crippen LogP contribution in [0, 0.1) is 5.92 Å². The Morgan fingerprint density at radius 3 is 2.50 bits per heavy atom. The van der Waals surface area contributed by atoms with Crippen LogP contribution >= 0.6 is 0 Å². The SMILES string of the molecule is CC(C)(C)OC(=O)NC[C@H]1CC[C@@H]1N. The number of hydrogen-bond acceptors (Lipinski definition) is 3. The molecule has 0 radical (unpaired) electrons. The third-order valence-electron chi connectivity index (χ3n) is 2.38. The van der Waals surface area contributed by atoms with E-state index in [2.05, 4.69) is 5.32 Å². The minimum Gasteiger partial charge on any atom is -0.444 e. The van der Waals surface area contributed by atoms with Crippen molar-refractivity contribution in [3.8, 4) is 0 Å². The highest BCUT2D eigenvalue weighted by Crippen LogP contribution is 2.24. The topological polar surface area (TPSA) is 64.3 Å². The maximum Gasteiger partial charge on any atom is 0.407 e. The fourth-order valence-corrected chi connectivity index (χ4v) is 1.38. The number of ether oxygens (including phenoxy) is 1. The molecule has 1 saturated carbocycles. The van der Waals surface area contributed by atoms with Gasteiger partial charge in [-0.2, -0.15) is 0 Å². The number of rotatable bonds is 2. The average Bonchev–Trinajstić information content (AvgIpc) is 1.98. The molecule has 14 heavy (non-hydrogen) atoms. The minimum atomic E-state index is -0.425. The van der Waals surface area contributed by atoms with Gasteiger partial charge in [0.25, 0.3) is 0 Å². The fourth-order valence-electron chi connectivity index (χ4n) is 1.38. The second kappa shape index (κ2) is 4.17. The molecular weight excluding hydrogens is 180 g/mol. The first kappa shape index (κ1) is 11.3. The number of carbonyl (C=O) groups excluding carboxylic acids is 1. The molecule has 0 aliphatic heterocycles. The molecule has 0 bridgehead atoms. The molecule has 1 fully saturated rings. The summed E-state index contributed by atoms with van der Waals surface area (Å²) in [6.07, 6.45) is 1.83. The third kappa shape index (κ3) is 3.54. The van der Waals surface area contributed by atoms with E-state index < -0.39 is 5.60 Å². The number of nitrogens with two attached hydrogens (primary N) is 1. The Labute approximate surface area is 85.2 Å². The van der Waals surface area contributed by atoms with Crippen molar-refractivity contribution >= 4 is 6.09 Å². The quantitative estimate of drug-likeness (QED) is 0.705. The summed E-state index contributed by atoms with van der Waals surface area (Å²) in [7, 11) is 0. The molecule has 0 aromatic heterocycles. The van der Waals surface area contributed by atoms with Crippen molar-refractivity contribution in [1.29, 1.82) is 0 Å². The molecule has 4 heteroatoms. The van der Waals surface area contributed by atoms with E-state index >= 15 is 0 Å². The zero-order valence-corrected chi connectivity index (χ0v) is 9.17. The van der Waals surface area contributed by atoms with Crippen LogP contribution in [0.5, 0.6) is 0 Å². The fraction of sp³-hybridized carbons (Fsp3) is 0.900. The van der Waals surface area contributed by atoms with Gasteiger partial charge in [0, 0.05) is 12.6 Å². The van der Waals surface area contributed by atoms with Gasteiger partial charge in [-0.3, -0.25) is 0 Å². The van der Waals surface area contributed by atoms with Crippen LogP contribution in [0.4, 0.5) is 4.79 Å². The lowest BCUT2D eigenvalue weighted by molar-refractivity contribution is 0.0506. The van der Waals surface area contributed by atoms with Gasteiger partial charge in [0.2, 0.25) is 0 Å². The lowest BCUT2D eigenvalue weighted by atomic mass is 9.80.